The number of ether oxygens (including phenoxy) is 1. The van der Waals surface area contributed by atoms with Gasteiger partial charge in [-0.2, -0.15) is 5.10 Å². The van der Waals surface area contributed by atoms with Crippen LogP contribution >= 0.6 is 24.0 Å². The van der Waals surface area contributed by atoms with Crippen molar-refractivity contribution in [2.45, 2.75) is 60.0 Å². The molecule has 10 heteroatoms. The average Bonchev–Trinajstić information content (AvgIpc) is 3.29. The van der Waals surface area contributed by atoms with Gasteiger partial charge in [0.1, 0.15) is 12.2 Å². The Morgan fingerprint density at radius 1 is 1.13 bits per heavy atom. The van der Waals surface area contributed by atoms with Gasteiger partial charge < -0.3 is 19.9 Å². The van der Waals surface area contributed by atoms with Crippen LogP contribution in [0.4, 0.5) is 0 Å². The van der Waals surface area contributed by atoms with Crippen LogP contribution in [0.1, 0.15) is 43.9 Å². The van der Waals surface area contributed by atoms with Gasteiger partial charge in [0.05, 0.1) is 5.69 Å². The van der Waals surface area contributed by atoms with Crippen LogP contribution in [0.3, 0.4) is 0 Å². The highest BCUT2D eigenvalue weighted by atomic mass is 127. The SMILES string of the molecule is CCOCCCNC(=NCCCn1nc(C)cc1C)NCCn1cnnc1CC.I. The number of aromatic nitrogens is 5. The highest BCUT2D eigenvalue weighted by molar-refractivity contribution is 14.0. The summed E-state index contributed by atoms with van der Waals surface area (Å²) in [5, 5.41) is 19.4. The fraction of sp³-hybridized carbons (Fsp3) is 0.700. The molecule has 0 aliphatic rings. The lowest BCUT2D eigenvalue weighted by Crippen LogP contribution is -2.40. The van der Waals surface area contributed by atoms with E-state index in [2.05, 4.69) is 50.4 Å². The molecule has 0 saturated carbocycles. The van der Waals surface area contributed by atoms with Crippen molar-refractivity contribution >= 4 is 29.9 Å². The molecule has 0 fully saturated rings. The number of halogens is 1. The zero-order chi connectivity index (χ0) is 20.9. The van der Waals surface area contributed by atoms with Gasteiger partial charge in [0.15, 0.2) is 5.96 Å². The summed E-state index contributed by atoms with van der Waals surface area (Å²) in [7, 11) is 0. The molecule has 0 atom stereocenters. The Balaban J connectivity index is 0.00000450. The fourth-order valence-electron chi connectivity index (χ4n) is 3.05. The van der Waals surface area contributed by atoms with Gasteiger partial charge in [0.2, 0.25) is 0 Å². The predicted octanol–water partition coefficient (Wildman–Crippen LogP) is 2.32. The van der Waals surface area contributed by atoms with Crippen molar-refractivity contribution in [2.24, 2.45) is 4.99 Å². The van der Waals surface area contributed by atoms with Gasteiger partial charge in [-0.25, -0.2) is 0 Å². The van der Waals surface area contributed by atoms with Crippen molar-refractivity contribution < 1.29 is 4.74 Å². The number of aliphatic imine (C=N–C) groups is 1. The van der Waals surface area contributed by atoms with E-state index in [-0.39, 0.29) is 24.0 Å². The number of hydrogen-bond donors (Lipinski definition) is 2. The van der Waals surface area contributed by atoms with E-state index >= 15 is 0 Å². The highest BCUT2D eigenvalue weighted by Crippen LogP contribution is 2.02. The molecule has 0 aromatic carbocycles. The quantitative estimate of drug-likeness (QED) is 0.178. The molecular formula is C20H37IN8O. The van der Waals surface area contributed by atoms with Crippen LogP contribution < -0.4 is 10.6 Å². The lowest BCUT2D eigenvalue weighted by atomic mass is 10.4. The highest BCUT2D eigenvalue weighted by Gasteiger charge is 2.04. The van der Waals surface area contributed by atoms with Crippen molar-refractivity contribution in [2.75, 3.05) is 32.8 Å². The minimum absolute atomic E-state index is 0. The number of aryl methyl sites for hydroxylation is 4. The molecule has 2 heterocycles. The molecule has 0 aliphatic heterocycles. The number of nitrogens with one attached hydrogen (secondary N) is 2. The largest absolute Gasteiger partial charge is 0.382 e. The summed E-state index contributed by atoms with van der Waals surface area (Å²) in [5.74, 6) is 1.83. The average molecular weight is 532 g/mol. The second kappa shape index (κ2) is 15.2. The molecule has 2 N–H and O–H groups in total. The van der Waals surface area contributed by atoms with E-state index in [0.717, 1.165) is 82.7 Å². The molecule has 0 bridgehead atoms. The maximum absolute atomic E-state index is 5.40. The summed E-state index contributed by atoms with van der Waals surface area (Å²) >= 11 is 0. The van der Waals surface area contributed by atoms with E-state index in [1.54, 1.807) is 6.33 Å². The van der Waals surface area contributed by atoms with E-state index in [0.29, 0.717) is 0 Å². The number of nitrogens with zero attached hydrogens (tertiary/aromatic N) is 6. The summed E-state index contributed by atoms with van der Waals surface area (Å²) < 4.78 is 9.52. The fourth-order valence-corrected chi connectivity index (χ4v) is 3.05. The van der Waals surface area contributed by atoms with Gasteiger partial charge in [-0.1, -0.05) is 6.92 Å². The van der Waals surface area contributed by atoms with Gasteiger partial charge in [0.25, 0.3) is 0 Å². The van der Waals surface area contributed by atoms with E-state index < -0.39 is 0 Å². The van der Waals surface area contributed by atoms with E-state index in [9.17, 15) is 0 Å². The van der Waals surface area contributed by atoms with Crippen LogP contribution in [0.2, 0.25) is 0 Å². The third-order valence-corrected chi connectivity index (χ3v) is 4.52. The Kier molecular flexibility index (Phi) is 13.3. The molecule has 0 aliphatic carbocycles. The van der Waals surface area contributed by atoms with Crippen molar-refractivity contribution in [1.29, 1.82) is 0 Å². The van der Waals surface area contributed by atoms with Crippen LogP contribution in [0, 0.1) is 13.8 Å². The Bertz CT molecular complexity index is 743. The standard InChI is InChI=1S/C20H36N8O.HI/c1-5-19-25-24-16-27(19)13-11-23-20(22-10-8-14-29-6-2)21-9-7-12-28-18(4)15-17(3)26-28;/h15-16H,5-14H2,1-4H3,(H2,21,22,23);1H. The Hall–Kier alpha value is -1.69. The van der Waals surface area contributed by atoms with E-state index in [1.807, 2.05) is 18.5 Å². The molecule has 0 saturated heterocycles. The lowest BCUT2D eigenvalue weighted by Gasteiger charge is -2.13. The van der Waals surface area contributed by atoms with Crippen LogP contribution in [0.15, 0.2) is 17.4 Å². The summed E-state index contributed by atoms with van der Waals surface area (Å²) in [5.41, 5.74) is 2.25. The number of hydrogen-bond acceptors (Lipinski definition) is 5. The molecule has 9 nitrogen and oxygen atoms in total. The first-order valence-corrected chi connectivity index (χ1v) is 10.6. The smallest absolute Gasteiger partial charge is 0.191 e. The topological polar surface area (TPSA) is 94.2 Å². The molecule has 0 radical (unpaired) electrons. The van der Waals surface area contributed by atoms with Gasteiger partial charge >= 0.3 is 0 Å². The van der Waals surface area contributed by atoms with Crippen LogP contribution in [0.25, 0.3) is 0 Å². The molecule has 30 heavy (non-hydrogen) atoms. The predicted molar refractivity (Wildman–Crippen MR) is 131 cm³/mol. The lowest BCUT2D eigenvalue weighted by molar-refractivity contribution is 0.145. The number of guanidine groups is 1. The van der Waals surface area contributed by atoms with Gasteiger partial charge in [-0.05, 0) is 39.7 Å². The van der Waals surface area contributed by atoms with Gasteiger partial charge in [-0.15, -0.1) is 34.2 Å². The van der Waals surface area contributed by atoms with Crippen molar-refractivity contribution in [3.63, 3.8) is 0 Å². The minimum Gasteiger partial charge on any atom is -0.382 e. The molecule has 0 amide bonds. The maximum Gasteiger partial charge on any atom is 0.191 e. The van der Waals surface area contributed by atoms with E-state index in [1.165, 1.54) is 5.69 Å². The van der Waals surface area contributed by atoms with Crippen molar-refractivity contribution in [3.05, 3.63) is 29.6 Å². The first-order valence-electron chi connectivity index (χ1n) is 10.6. The van der Waals surface area contributed by atoms with E-state index in [4.69, 9.17) is 9.73 Å². The second-order valence-electron chi connectivity index (χ2n) is 6.93. The second-order valence-corrected chi connectivity index (χ2v) is 6.93. The van der Waals surface area contributed by atoms with Crippen LogP contribution in [-0.4, -0.2) is 63.4 Å². The summed E-state index contributed by atoms with van der Waals surface area (Å²) in [6.07, 6.45) is 4.55. The molecule has 2 rings (SSSR count). The summed E-state index contributed by atoms with van der Waals surface area (Å²) in [6.45, 7) is 13.7. The van der Waals surface area contributed by atoms with Crippen LogP contribution in [-0.2, 0) is 24.2 Å². The van der Waals surface area contributed by atoms with Crippen molar-refractivity contribution in [1.82, 2.24) is 35.2 Å². The Morgan fingerprint density at radius 2 is 1.93 bits per heavy atom. The third kappa shape index (κ3) is 9.41. The number of rotatable bonds is 13. The summed E-state index contributed by atoms with van der Waals surface area (Å²) in [4.78, 5) is 4.73. The molecule has 2 aromatic heterocycles. The monoisotopic (exact) mass is 532 g/mol. The normalized spacial score (nSPS) is 11.4. The molecular weight excluding hydrogens is 495 g/mol. The first kappa shape index (κ1) is 26.3. The maximum atomic E-state index is 5.40. The minimum atomic E-state index is 0. The van der Waals surface area contributed by atoms with Crippen LogP contribution in [0.5, 0.6) is 0 Å². The van der Waals surface area contributed by atoms with Crippen molar-refractivity contribution in [3.8, 4) is 0 Å². The summed E-state index contributed by atoms with van der Waals surface area (Å²) in [6, 6.07) is 2.10. The van der Waals surface area contributed by atoms with Gasteiger partial charge in [0, 0.05) is 58.1 Å². The zero-order valence-electron chi connectivity index (χ0n) is 18.7. The molecule has 0 unspecified atom stereocenters. The molecule has 170 valence electrons. The Morgan fingerprint density at radius 3 is 2.63 bits per heavy atom. The third-order valence-electron chi connectivity index (χ3n) is 4.52. The first-order chi connectivity index (χ1) is 14.1. The zero-order valence-corrected chi connectivity index (χ0v) is 21.1. The molecule has 2 aromatic rings. The molecule has 0 spiro atoms. The van der Waals surface area contributed by atoms with Gasteiger partial charge in [-0.3, -0.25) is 9.67 Å². The Labute approximate surface area is 197 Å².